The molecule has 0 spiro atoms. The number of hydrogen-bond donors (Lipinski definition) is 0. The SMILES string of the molecule is C1=CCC2C(=C1)C(c1ccc3ccccc3c1)=c1ccc(-c3ccc(C4c5ccccc5C(c5cccnc5)=C5CCC=CC54)cc3)cc1=C2c1ccc2ccccc2c1. The average molecular weight is 766 g/mol. The standard InChI is InChI=1S/C59H43N/c1-3-14-42-34-45(29-25-38(42)12-1)57-50-19-7-8-20-51(50)58(46-30-26-39-13-2-4-15-43(39)35-46)55-36-44(31-32-54(55)57)40-23-27-41(28-24-40)56-48-17-5-9-21-52(48)59(47-16-11-33-60-37-47)53-22-10-6-18-49(53)56/h1-9,11-19,21,23-37,49,51,56H,10,20,22H2. The molecule has 0 saturated heterocycles. The first-order valence-electron chi connectivity index (χ1n) is 21.5. The lowest BCUT2D eigenvalue weighted by Crippen LogP contribution is -2.38. The van der Waals surface area contributed by atoms with Crippen molar-refractivity contribution in [3.8, 4) is 11.1 Å². The number of aromatic nitrogens is 1. The summed E-state index contributed by atoms with van der Waals surface area (Å²) < 4.78 is 0. The minimum Gasteiger partial charge on any atom is -0.264 e. The monoisotopic (exact) mass is 765 g/mol. The fourth-order valence-corrected chi connectivity index (χ4v) is 10.9. The third-order valence-corrected chi connectivity index (χ3v) is 13.6. The number of nitrogens with zero attached hydrogens (tertiary/aromatic N) is 1. The van der Waals surface area contributed by atoms with Crippen LogP contribution < -0.4 is 10.4 Å². The molecule has 0 radical (unpaired) electrons. The molecular formula is C59H43N. The van der Waals surface area contributed by atoms with Gasteiger partial charge in [0.2, 0.25) is 0 Å². The van der Waals surface area contributed by atoms with E-state index in [0.717, 1.165) is 19.3 Å². The van der Waals surface area contributed by atoms with Gasteiger partial charge in [0.25, 0.3) is 0 Å². The molecule has 3 unspecified atom stereocenters. The van der Waals surface area contributed by atoms with Crippen molar-refractivity contribution in [3.05, 3.63) is 262 Å². The molecule has 12 rings (SSSR count). The highest BCUT2D eigenvalue weighted by Crippen LogP contribution is 2.51. The Labute approximate surface area is 351 Å². The van der Waals surface area contributed by atoms with E-state index in [1.54, 1.807) is 0 Å². The molecule has 0 N–H and O–H groups in total. The van der Waals surface area contributed by atoms with Crippen molar-refractivity contribution in [1.82, 2.24) is 4.98 Å². The Morgan fingerprint density at radius 3 is 2.03 bits per heavy atom. The summed E-state index contributed by atoms with van der Waals surface area (Å²) in [6, 6.07) is 61.7. The Kier molecular flexibility index (Phi) is 8.33. The molecule has 0 amide bonds. The molecule has 0 saturated carbocycles. The lowest BCUT2D eigenvalue weighted by molar-refractivity contribution is 0.596. The quantitative estimate of drug-likeness (QED) is 0.159. The molecule has 0 aliphatic heterocycles. The van der Waals surface area contributed by atoms with E-state index in [2.05, 4.69) is 199 Å². The summed E-state index contributed by atoms with van der Waals surface area (Å²) in [7, 11) is 0. The van der Waals surface area contributed by atoms with Gasteiger partial charge in [-0.15, -0.1) is 0 Å². The van der Waals surface area contributed by atoms with Crippen molar-refractivity contribution < 1.29 is 0 Å². The molecule has 0 bridgehead atoms. The lowest BCUT2D eigenvalue weighted by Gasteiger charge is -2.38. The van der Waals surface area contributed by atoms with Crippen molar-refractivity contribution >= 4 is 38.3 Å². The molecule has 1 aromatic heterocycles. The zero-order valence-corrected chi connectivity index (χ0v) is 33.4. The predicted molar refractivity (Wildman–Crippen MR) is 250 cm³/mol. The summed E-state index contributed by atoms with van der Waals surface area (Å²) in [6.45, 7) is 0. The minimum absolute atomic E-state index is 0.247. The maximum atomic E-state index is 4.54. The highest BCUT2D eigenvalue weighted by atomic mass is 14.6. The van der Waals surface area contributed by atoms with E-state index in [9.17, 15) is 0 Å². The van der Waals surface area contributed by atoms with Gasteiger partial charge in [-0.25, -0.2) is 0 Å². The molecule has 3 atom stereocenters. The van der Waals surface area contributed by atoms with Crippen LogP contribution in [0, 0.1) is 11.8 Å². The van der Waals surface area contributed by atoms with Crippen LogP contribution in [-0.2, 0) is 0 Å². The van der Waals surface area contributed by atoms with Gasteiger partial charge in [0.05, 0.1) is 0 Å². The van der Waals surface area contributed by atoms with E-state index in [1.165, 1.54) is 104 Å². The van der Waals surface area contributed by atoms with Gasteiger partial charge in [-0.2, -0.15) is 0 Å². The van der Waals surface area contributed by atoms with Crippen LogP contribution in [-0.4, -0.2) is 4.98 Å². The topological polar surface area (TPSA) is 12.9 Å². The highest BCUT2D eigenvalue weighted by molar-refractivity contribution is 5.95. The molecule has 1 heteroatoms. The van der Waals surface area contributed by atoms with Gasteiger partial charge in [-0.05, 0) is 137 Å². The first-order chi connectivity index (χ1) is 29.8. The van der Waals surface area contributed by atoms with E-state index >= 15 is 0 Å². The van der Waals surface area contributed by atoms with Crippen LogP contribution in [0.4, 0.5) is 0 Å². The molecule has 284 valence electrons. The van der Waals surface area contributed by atoms with Crippen LogP contribution >= 0.6 is 0 Å². The van der Waals surface area contributed by atoms with Gasteiger partial charge in [-0.3, -0.25) is 4.98 Å². The van der Waals surface area contributed by atoms with Crippen LogP contribution in [0.15, 0.2) is 218 Å². The van der Waals surface area contributed by atoms with E-state index in [1.807, 2.05) is 12.4 Å². The van der Waals surface area contributed by atoms with Crippen molar-refractivity contribution in [2.24, 2.45) is 11.8 Å². The Bertz CT molecular complexity index is 3280. The second-order valence-electron chi connectivity index (χ2n) is 16.8. The van der Waals surface area contributed by atoms with Crippen LogP contribution in [0.25, 0.3) is 49.4 Å². The number of allylic oxidation sites excluding steroid dienone is 7. The third-order valence-electron chi connectivity index (χ3n) is 13.6. The van der Waals surface area contributed by atoms with E-state index in [4.69, 9.17) is 0 Å². The second kappa shape index (κ2) is 14.3. The Balaban J connectivity index is 1.03. The molecule has 8 aromatic rings. The van der Waals surface area contributed by atoms with Gasteiger partial charge >= 0.3 is 0 Å². The second-order valence-corrected chi connectivity index (χ2v) is 16.8. The fraction of sp³-hybridized carbons (Fsp3) is 0.102. The van der Waals surface area contributed by atoms with E-state index < -0.39 is 0 Å². The fourth-order valence-electron chi connectivity index (χ4n) is 10.9. The maximum absolute atomic E-state index is 4.54. The Morgan fingerprint density at radius 2 is 1.23 bits per heavy atom. The maximum Gasteiger partial charge on any atom is 0.0346 e. The number of benzene rings is 7. The normalized spacial score (nSPS) is 19.1. The van der Waals surface area contributed by atoms with E-state index in [0.29, 0.717) is 5.92 Å². The third kappa shape index (κ3) is 5.72. The smallest absolute Gasteiger partial charge is 0.0346 e. The average Bonchev–Trinajstić information content (AvgIpc) is 3.32. The number of fused-ring (bicyclic) bond motifs is 6. The summed E-state index contributed by atoms with van der Waals surface area (Å²) in [5.41, 5.74) is 17.5. The first-order valence-corrected chi connectivity index (χ1v) is 21.5. The van der Waals surface area contributed by atoms with Gasteiger partial charge in [0.1, 0.15) is 0 Å². The molecule has 0 fully saturated rings. The predicted octanol–water partition coefficient (Wildman–Crippen LogP) is 12.9. The molecule has 4 aliphatic carbocycles. The van der Waals surface area contributed by atoms with Crippen LogP contribution in [0.3, 0.4) is 0 Å². The molecular weight excluding hydrogens is 723 g/mol. The van der Waals surface area contributed by atoms with Gasteiger partial charge in [-0.1, -0.05) is 175 Å². The summed E-state index contributed by atoms with van der Waals surface area (Å²) in [5, 5.41) is 7.73. The zero-order valence-electron chi connectivity index (χ0n) is 33.4. The van der Waals surface area contributed by atoms with Crippen molar-refractivity contribution in [1.29, 1.82) is 0 Å². The molecule has 1 heterocycles. The van der Waals surface area contributed by atoms with Crippen molar-refractivity contribution in [3.63, 3.8) is 0 Å². The Hall–Kier alpha value is -7.09. The minimum atomic E-state index is 0.247. The van der Waals surface area contributed by atoms with Crippen LogP contribution in [0.1, 0.15) is 58.6 Å². The number of rotatable bonds is 5. The summed E-state index contributed by atoms with van der Waals surface area (Å²) in [5.74, 6) is 0.812. The van der Waals surface area contributed by atoms with Crippen molar-refractivity contribution in [2.75, 3.05) is 0 Å². The van der Waals surface area contributed by atoms with Crippen LogP contribution in [0.5, 0.6) is 0 Å². The lowest BCUT2D eigenvalue weighted by atomic mass is 9.65. The van der Waals surface area contributed by atoms with Gasteiger partial charge in [0, 0.05) is 35.7 Å². The first kappa shape index (κ1) is 34.9. The van der Waals surface area contributed by atoms with Gasteiger partial charge < -0.3 is 0 Å². The zero-order chi connectivity index (χ0) is 39.6. The molecule has 1 nitrogen and oxygen atoms in total. The highest BCUT2D eigenvalue weighted by Gasteiger charge is 2.36. The number of pyridine rings is 1. The van der Waals surface area contributed by atoms with Crippen LogP contribution in [0.2, 0.25) is 0 Å². The molecule has 4 aliphatic rings. The van der Waals surface area contributed by atoms with Gasteiger partial charge in [0.15, 0.2) is 0 Å². The van der Waals surface area contributed by atoms with Crippen molar-refractivity contribution in [2.45, 2.75) is 25.2 Å². The molecule has 60 heavy (non-hydrogen) atoms. The summed E-state index contributed by atoms with van der Waals surface area (Å²) in [4.78, 5) is 4.54. The largest absolute Gasteiger partial charge is 0.264 e. The molecule has 7 aromatic carbocycles. The summed E-state index contributed by atoms with van der Waals surface area (Å²) >= 11 is 0. The number of hydrogen-bond acceptors (Lipinski definition) is 1. The summed E-state index contributed by atoms with van der Waals surface area (Å²) in [6.07, 6.45) is 18.9. The Morgan fingerprint density at radius 1 is 0.517 bits per heavy atom. The van der Waals surface area contributed by atoms with E-state index in [-0.39, 0.29) is 11.8 Å².